The standard InChI is InChI=1S/C28H40N6O5/c1-27(2,3)38-25(35)30-13-12-29-16-21-18-33(23-9-7-8-14-37-23)32-24(21)19-10-11-22-20(15-19)17-31-34(22)26(36)39-28(4,5)6/h10-11,15,17-18,23,29H,7-9,12-14,16H2,1-6H3,(H,30,35). The van der Waals surface area contributed by atoms with Crippen LogP contribution in [0.25, 0.3) is 22.2 Å². The Morgan fingerprint density at radius 3 is 2.54 bits per heavy atom. The molecule has 0 aliphatic carbocycles. The Morgan fingerprint density at radius 1 is 1.08 bits per heavy atom. The maximum absolute atomic E-state index is 12.6. The fourth-order valence-electron chi connectivity index (χ4n) is 4.30. The Morgan fingerprint density at radius 2 is 1.85 bits per heavy atom. The van der Waals surface area contributed by atoms with Gasteiger partial charge in [0, 0.05) is 49.0 Å². The summed E-state index contributed by atoms with van der Waals surface area (Å²) in [7, 11) is 0. The number of benzene rings is 1. The van der Waals surface area contributed by atoms with E-state index in [-0.39, 0.29) is 6.23 Å². The van der Waals surface area contributed by atoms with Gasteiger partial charge in [0.05, 0.1) is 17.4 Å². The Kier molecular flexibility index (Phi) is 8.60. The largest absolute Gasteiger partial charge is 0.444 e. The van der Waals surface area contributed by atoms with E-state index in [9.17, 15) is 9.59 Å². The van der Waals surface area contributed by atoms with Crippen LogP contribution in [0.5, 0.6) is 0 Å². The first-order valence-electron chi connectivity index (χ1n) is 13.5. The van der Waals surface area contributed by atoms with Crippen molar-refractivity contribution in [3.8, 4) is 11.3 Å². The van der Waals surface area contributed by atoms with Crippen molar-refractivity contribution < 1.29 is 23.8 Å². The second-order valence-electron chi connectivity index (χ2n) is 11.7. The third-order valence-corrected chi connectivity index (χ3v) is 5.95. The van der Waals surface area contributed by atoms with Gasteiger partial charge in [0.1, 0.15) is 17.4 Å². The average Bonchev–Trinajstić information content (AvgIpc) is 3.46. The SMILES string of the molecule is CC(C)(C)OC(=O)NCCNCc1cn(C2CCCCO2)nc1-c1ccc2c(cnn2C(=O)OC(C)(C)C)c1. The molecule has 11 nitrogen and oxygen atoms in total. The predicted octanol–water partition coefficient (Wildman–Crippen LogP) is 5.00. The summed E-state index contributed by atoms with van der Waals surface area (Å²) in [5.41, 5.74) is 2.24. The minimum atomic E-state index is -0.617. The lowest BCUT2D eigenvalue weighted by atomic mass is 10.1. The highest BCUT2D eigenvalue weighted by atomic mass is 16.6. The molecule has 0 bridgehead atoms. The van der Waals surface area contributed by atoms with E-state index < -0.39 is 23.4 Å². The van der Waals surface area contributed by atoms with Crippen LogP contribution in [0, 0.1) is 0 Å². The molecule has 1 saturated heterocycles. The molecule has 1 aliphatic rings. The summed E-state index contributed by atoms with van der Waals surface area (Å²) in [4.78, 5) is 24.5. The maximum atomic E-state index is 12.6. The van der Waals surface area contributed by atoms with Crippen LogP contribution in [-0.4, -0.2) is 62.6 Å². The smallest absolute Gasteiger partial charge is 0.435 e. The van der Waals surface area contributed by atoms with E-state index in [4.69, 9.17) is 19.3 Å². The molecule has 212 valence electrons. The molecule has 1 fully saturated rings. The number of fused-ring (bicyclic) bond motifs is 1. The second kappa shape index (κ2) is 11.7. The first-order valence-corrected chi connectivity index (χ1v) is 13.5. The number of nitrogens with one attached hydrogen (secondary N) is 2. The minimum Gasteiger partial charge on any atom is -0.444 e. The summed E-state index contributed by atoms with van der Waals surface area (Å²) in [5, 5.41) is 16.1. The fourth-order valence-corrected chi connectivity index (χ4v) is 4.30. The maximum Gasteiger partial charge on any atom is 0.435 e. The zero-order chi connectivity index (χ0) is 28.2. The monoisotopic (exact) mass is 540 g/mol. The van der Waals surface area contributed by atoms with Crippen LogP contribution in [0.2, 0.25) is 0 Å². The Balaban J connectivity index is 1.51. The molecule has 2 aromatic heterocycles. The molecule has 1 aliphatic heterocycles. The van der Waals surface area contributed by atoms with E-state index in [2.05, 4.69) is 15.7 Å². The summed E-state index contributed by atoms with van der Waals surface area (Å²) in [6.07, 6.45) is 5.69. The quantitative estimate of drug-likeness (QED) is 0.402. The van der Waals surface area contributed by atoms with Crippen LogP contribution >= 0.6 is 0 Å². The van der Waals surface area contributed by atoms with Gasteiger partial charge in [0.2, 0.25) is 0 Å². The number of hydrogen-bond donors (Lipinski definition) is 2. The normalized spacial score (nSPS) is 16.3. The van der Waals surface area contributed by atoms with Crippen molar-refractivity contribution in [2.75, 3.05) is 19.7 Å². The molecular weight excluding hydrogens is 500 g/mol. The lowest BCUT2D eigenvalue weighted by Gasteiger charge is -2.22. The number of hydrogen-bond acceptors (Lipinski definition) is 8. The minimum absolute atomic E-state index is 0.0984. The van der Waals surface area contributed by atoms with Gasteiger partial charge in [-0.15, -0.1) is 0 Å². The van der Waals surface area contributed by atoms with E-state index in [0.717, 1.165) is 48.1 Å². The van der Waals surface area contributed by atoms with Gasteiger partial charge in [0.15, 0.2) is 0 Å². The van der Waals surface area contributed by atoms with E-state index in [1.165, 1.54) is 4.68 Å². The Hall–Kier alpha value is -3.44. The van der Waals surface area contributed by atoms with Gasteiger partial charge < -0.3 is 24.8 Å². The Labute approximate surface area is 229 Å². The molecule has 1 atom stereocenters. The lowest BCUT2D eigenvalue weighted by Crippen LogP contribution is -2.36. The van der Waals surface area contributed by atoms with E-state index in [1.807, 2.05) is 70.6 Å². The molecule has 1 aromatic carbocycles. The molecule has 0 spiro atoms. The molecule has 1 unspecified atom stereocenters. The van der Waals surface area contributed by atoms with Gasteiger partial charge in [-0.2, -0.15) is 14.9 Å². The number of carbonyl (C=O) groups is 2. The summed E-state index contributed by atoms with van der Waals surface area (Å²) in [5.74, 6) is 0. The van der Waals surface area contributed by atoms with Crippen molar-refractivity contribution in [2.45, 2.75) is 84.8 Å². The molecule has 3 aromatic rings. The van der Waals surface area contributed by atoms with E-state index in [0.29, 0.717) is 25.2 Å². The number of carbonyl (C=O) groups excluding carboxylic acids is 2. The molecule has 0 radical (unpaired) electrons. The molecule has 1 amide bonds. The van der Waals surface area contributed by atoms with Gasteiger partial charge in [-0.25, -0.2) is 14.3 Å². The van der Waals surface area contributed by atoms with Crippen LogP contribution in [0.1, 0.15) is 72.6 Å². The Bertz CT molecular complexity index is 1290. The van der Waals surface area contributed by atoms with E-state index >= 15 is 0 Å². The van der Waals surface area contributed by atoms with Gasteiger partial charge >= 0.3 is 12.2 Å². The fraction of sp³-hybridized carbons (Fsp3) is 0.571. The van der Waals surface area contributed by atoms with Crippen LogP contribution < -0.4 is 10.6 Å². The van der Waals surface area contributed by atoms with Crippen molar-refractivity contribution in [1.82, 2.24) is 30.2 Å². The molecule has 39 heavy (non-hydrogen) atoms. The third-order valence-electron chi connectivity index (χ3n) is 5.95. The first kappa shape index (κ1) is 28.6. The zero-order valence-corrected chi connectivity index (χ0v) is 23.7. The van der Waals surface area contributed by atoms with Crippen LogP contribution in [0.3, 0.4) is 0 Å². The van der Waals surface area contributed by atoms with E-state index in [1.54, 1.807) is 6.20 Å². The molecular formula is C28H40N6O5. The van der Waals surface area contributed by atoms with Gasteiger partial charge in [-0.05, 0) is 72.9 Å². The molecule has 11 heteroatoms. The van der Waals surface area contributed by atoms with Crippen molar-refractivity contribution in [2.24, 2.45) is 0 Å². The first-order chi connectivity index (χ1) is 18.4. The molecule has 0 saturated carbocycles. The predicted molar refractivity (Wildman–Crippen MR) is 147 cm³/mol. The van der Waals surface area contributed by atoms with Crippen molar-refractivity contribution in [3.05, 3.63) is 36.2 Å². The highest BCUT2D eigenvalue weighted by Crippen LogP contribution is 2.30. The molecule has 3 heterocycles. The molecule has 2 N–H and O–H groups in total. The van der Waals surface area contributed by atoms with Crippen LogP contribution in [0.15, 0.2) is 30.6 Å². The highest BCUT2D eigenvalue weighted by Gasteiger charge is 2.23. The van der Waals surface area contributed by atoms with Gasteiger partial charge in [-0.1, -0.05) is 6.07 Å². The zero-order valence-electron chi connectivity index (χ0n) is 23.7. The van der Waals surface area contributed by atoms with Crippen molar-refractivity contribution in [3.63, 3.8) is 0 Å². The number of amides is 1. The highest BCUT2D eigenvalue weighted by molar-refractivity contribution is 5.90. The van der Waals surface area contributed by atoms with Crippen LogP contribution in [0.4, 0.5) is 9.59 Å². The van der Waals surface area contributed by atoms with Crippen molar-refractivity contribution in [1.29, 1.82) is 0 Å². The van der Waals surface area contributed by atoms with Gasteiger partial charge in [-0.3, -0.25) is 0 Å². The number of aromatic nitrogens is 4. The molecule has 4 rings (SSSR count). The lowest BCUT2D eigenvalue weighted by molar-refractivity contribution is -0.0394. The summed E-state index contributed by atoms with van der Waals surface area (Å²) in [6.45, 7) is 13.2. The van der Waals surface area contributed by atoms with Crippen molar-refractivity contribution >= 4 is 23.1 Å². The topological polar surface area (TPSA) is 122 Å². The number of alkyl carbamates (subject to hydrolysis) is 1. The number of ether oxygens (including phenoxy) is 3. The van der Waals surface area contributed by atoms with Crippen LogP contribution in [-0.2, 0) is 20.8 Å². The van der Waals surface area contributed by atoms with Gasteiger partial charge in [0.25, 0.3) is 0 Å². The summed E-state index contributed by atoms with van der Waals surface area (Å²) >= 11 is 0. The third kappa shape index (κ3) is 7.79. The second-order valence-corrected chi connectivity index (χ2v) is 11.7. The summed E-state index contributed by atoms with van der Waals surface area (Å²) in [6, 6.07) is 5.78. The number of nitrogens with zero attached hydrogens (tertiary/aromatic N) is 4. The summed E-state index contributed by atoms with van der Waals surface area (Å²) < 4.78 is 19.9. The average molecular weight is 541 g/mol. The number of rotatable bonds is 7.